The van der Waals surface area contributed by atoms with E-state index in [0.29, 0.717) is 29.6 Å². The number of ether oxygens (including phenoxy) is 2. The van der Waals surface area contributed by atoms with E-state index in [4.69, 9.17) is 9.47 Å². The maximum absolute atomic E-state index is 12.1. The Balaban J connectivity index is 1.34. The minimum Gasteiger partial charge on any atom is -0.454 e. The molecule has 1 heterocycles. The van der Waals surface area contributed by atoms with Crippen LogP contribution in [-0.4, -0.2) is 19.4 Å². The molecule has 23 heavy (non-hydrogen) atoms. The molecule has 1 aliphatic carbocycles. The Morgan fingerprint density at radius 2 is 2.00 bits per heavy atom. The molecule has 0 radical (unpaired) electrons. The van der Waals surface area contributed by atoms with Crippen molar-refractivity contribution in [3.63, 3.8) is 0 Å². The van der Waals surface area contributed by atoms with Crippen molar-refractivity contribution in [1.29, 1.82) is 0 Å². The molecule has 118 valence electrons. The zero-order chi connectivity index (χ0) is 15.6. The third kappa shape index (κ3) is 2.82. The summed E-state index contributed by atoms with van der Waals surface area (Å²) in [5, 5.41) is 5.79. The van der Waals surface area contributed by atoms with Gasteiger partial charge >= 0.3 is 6.03 Å². The predicted molar refractivity (Wildman–Crippen MR) is 87.1 cm³/mol. The molecule has 0 spiro atoms. The highest BCUT2D eigenvalue weighted by molar-refractivity contribution is 5.89. The van der Waals surface area contributed by atoms with Crippen molar-refractivity contribution in [3.05, 3.63) is 53.6 Å². The number of anilines is 1. The zero-order valence-electron chi connectivity index (χ0n) is 12.7. The Kier molecular flexibility index (Phi) is 3.54. The summed E-state index contributed by atoms with van der Waals surface area (Å²) in [6.07, 6.45) is 2.18. The number of fused-ring (bicyclic) bond motifs is 2. The van der Waals surface area contributed by atoms with Crippen molar-refractivity contribution in [2.24, 2.45) is 0 Å². The highest BCUT2D eigenvalue weighted by Crippen LogP contribution is 2.34. The number of aryl methyl sites for hydroxylation is 1. The van der Waals surface area contributed by atoms with E-state index in [0.717, 1.165) is 12.8 Å². The molecule has 2 aromatic carbocycles. The second-order valence-corrected chi connectivity index (χ2v) is 5.84. The van der Waals surface area contributed by atoms with E-state index < -0.39 is 0 Å². The van der Waals surface area contributed by atoms with Gasteiger partial charge in [-0.1, -0.05) is 24.3 Å². The van der Waals surface area contributed by atoms with Crippen molar-refractivity contribution >= 4 is 11.7 Å². The van der Waals surface area contributed by atoms with Crippen LogP contribution in [0.15, 0.2) is 42.5 Å². The number of hydrogen-bond acceptors (Lipinski definition) is 3. The molecule has 0 bridgehead atoms. The Bertz CT molecular complexity index is 745. The monoisotopic (exact) mass is 310 g/mol. The lowest BCUT2D eigenvalue weighted by atomic mass is 10.0. The number of urea groups is 1. The fourth-order valence-electron chi connectivity index (χ4n) is 3.22. The molecule has 5 nitrogen and oxygen atoms in total. The van der Waals surface area contributed by atoms with Crippen LogP contribution in [0, 0.1) is 0 Å². The van der Waals surface area contributed by atoms with E-state index in [1.165, 1.54) is 11.1 Å². The number of nitrogens with one attached hydrogen (secondary N) is 2. The van der Waals surface area contributed by atoms with Crippen molar-refractivity contribution in [3.8, 4) is 11.5 Å². The number of carbonyl (C=O) groups excluding carboxylic acids is 1. The number of carbonyl (C=O) groups is 1. The molecule has 1 unspecified atom stereocenters. The Labute approximate surface area is 134 Å². The molecule has 2 aliphatic rings. The second kappa shape index (κ2) is 5.83. The quantitative estimate of drug-likeness (QED) is 0.915. The Hall–Kier alpha value is -2.69. The van der Waals surface area contributed by atoms with Gasteiger partial charge in [-0.25, -0.2) is 4.79 Å². The number of rotatable bonds is 3. The summed E-state index contributed by atoms with van der Waals surface area (Å²) in [6.45, 7) is 0.874. The SMILES string of the molecule is O=C(NCC1CCc2ccccc21)Nc1ccc2c(c1)OCO2. The minimum atomic E-state index is -0.201. The van der Waals surface area contributed by atoms with Crippen LogP contribution < -0.4 is 20.1 Å². The fourth-order valence-corrected chi connectivity index (χ4v) is 3.22. The lowest BCUT2D eigenvalue weighted by molar-refractivity contribution is 0.174. The summed E-state index contributed by atoms with van der Waals surface area (Å²) in [4.78, 5) is 12.1. The summed E-state index contributed by atoms with van der Waals surface area (Å²) in [6, 6.07) is 13.6. The van der Waals surface area contributed by atoms with Crippen molar-refractivity contribution in [1.82, 2.24) is 5.32 Å². The molecule has 1 atom stereocenters. The normalized spacial score (nSPS) is 17.7. The summed E-state index contributed by atoms with van der Waals surface area (Å²) >= 11 is 0. The maximum atomic E-state index is 12.1. The lowest BCUT2D eigenvalue weighted by Crippen LogP contribution is -2.31. The zero-order valence-corrected chi connectivity index (χ0v) is 12.7. The fraction of sp³-hybridized carbons (Fsp3) is 0.278. The van der Waals surface area contributed by atoms with Gasteiger partial charge in [0.1, 0.15) is 0 Å². The lowest BCUT2D eigenvalue weighted by Gasteiger charge is -2.13. The van der Waals surface area contributed by atoms with Crippen LogP contribution in [0.25, 0.3) is 0 Å². The summed E-state index contributed by atoms with van der Waals surface area (Å²) in [7, 11) is 0. The second-order valence-electron chi connectivity index (χ2n) is 5.84. The van der Waals surface area contributed by atoms with E-state index in [1.807, 2.05) is 0 Å². The average Bonchev–Trinajstić information content (AvgIpc) is 3.19. The average molecular weight is 310 g/mol. The molecule has 2 N–H and O–H groups in total. The topological polar surface area (TPSA) is 59.6 Å². The molecular weight excluding hydrogens is 292 g/mol. The number of hydrogen-bond donors (Lipinski definition) is 2. The first-order chi connectivity index (χ1) is 11.3. The van der Waals surface area contributed by atoms with Crippen LogP contribution in [0.4, 0.5) is 10.5 Å². The maximum Gasteiger partial charge on any atom is 0.319 e. The van der Waals surface area contributed by atoms with Gasteiger partial charge in [0.25, 0.3) is 0 Å². The third-order valence-electron chi connectivity index (χ3n) is 4.40. The van der Waals surface area contributed by atoms with E-state index in [2.05, 4.69) is 34.9 Å². The molecule has 2 amide bonds. The van der Waals surface area contributed by atoms with Crippen LogP contribution in [0.3, 0.4) is 0 Å². The van der Waals surface area contributed by atoms with E-state index >= 15 is 0 Å². The standard InChI is InChI=1S/C18H18N2O3/c21-18(20-14-7-8-16-17(9-14)23-11-22-16)19-10-13-6-5-12-3-1-2-4-15(12)13/h1-4,7-9,13H,5-6,10-11H2,(H2,19,20,21). The number of amides is 2. The van der Waals surface area contributed by atoms with E-state index in [-0.39, 0.29) is 12.8 Å². The molecule has 1 aliphatic heterocycles. The van der Waals surface area contributed by atoms with Crippen molar-refractivity contribution in [2.45, 2.75) is 18.8 Å². The Morgan fingerprint density at radius 3 is 2.96 bits per heavy atom. The van der Waals surface area contributed by atoms with Gasteiger partial charge in [0.2, 0.25) is 6.79 Å². The van der Waals surface area contributed by atoms with Gasteiger partial charge in [0, 0.05) is 24.2 Å². The van der Waals surface area contributed by atoms with Crippen LogP contribution in [0.5, 0.6) is 11.5 Å². The first kappa shape index (κ1) is 13.9. The molecule has 0 saturated heterocycles. The molecule has 2 aromatic rings. The third-order valence-corrected chi connectivity index (χ3v) is 4.40. The molecule has 0 fully saturated rings. The van der Waals surface area contributed by atoms with Crippen LogP contribution in [0.2, 0.25) is 0 Å². The van der Waals surface area contributed by atoms with Crippen LogP contribution in [0.1, 0.15) is 23.5 Å². The van der Waals surface area contributed by atoms with Gasteiger partial charge in [-0.3, -0.25) is 0 Å². The Morgan fingerprint density at radius 1 is 1.13 bits per heavy atom. The van der Waals surface area contributed by atoms with Crippen LogP contribution in [-0.2, 0) is 6.42 Å². The first-order valence-corrected chi connectivity index (χ1v) is 7.82. The van der Waals surface area contributed by atoms with Gasteiger partial charge in [0.05, 0.1) is 0 Å². The minimum absolute atomic E-state index is 0.201. The largest absolute Gasteiger partial charge is 0.454 e. The summed E-state index contributed by atoms with van der Waals surface area (Å²) in [5.41, 5.74) is 3.45. The first-order valence-electron chi connectivity index (χ1n) is 7.82. The van der Waals surface area contributed by atoms with Gasteiger partial charge in [-0.15, -0.1) is 0 Å². The van der Waals surface area contributed by atoms with Crippen molar-refractivity contribution in [2.75, 3.05) is 18.7 Å². The van der Waals surface area contributed by atoms with Gasteiger partial charge in [0.15, 0.2) is 11.5 Å². The van der Waals surface area contributed by atoms with Crippen LogP contribution >= 0.6 is 0 Å². The summed E-state index contributed by atoms with van der Waals surface area (Å²) in [5.74, 6) is 1.76. The van der Waals surface area contributed by atoms with Gasteiger partial charge in [-0.2, -0.15) is 0 Å². The summed E-state index contributed by atoms with van der Waals surface area (Å²) < 4.78 is 10.6. The van der Waals surface area contributed by atoms with Crippen molar-refractivity contribution < 1.29 is 14.3 Å². The van der Waals surface area contributed by atoms with E-state index in [1.54, 1.807) is 18.2 Å². The smallest absolute Gasteiger partial charge is 0.319 e. The predicted octanol–water partition coefficient (Wildman–Crippen LogP) is 3.27. The highest BCUT2D eigenvalue weighted by atomic mass is 16.7. The molecule has 0 saturated carbocycles. The van der Waals surface area contributed by atoms with E-state index in [9.17, 15) is 4.79 Å². The molecular formula is C18H18N2O3. The van der Waals surface area contributed by atoms with Gasteiger partial charge in [-0.05, 0) is 36.1 Å². The van der Waals surface area contributed by atoms with Gasteiger partial charge < -0.3 is 20.1 Å². The number of benzene rings is 2. The molecule has 4 rings (SSSR count). The molecule has 5 heteroatoms. The molecule has 0 aromatic heterocycles. The highest BCUT2D eigenvalue weighted by Gasteiger charge is 2.22.